The van der Waals surface area contributed by atoms with E-state index in [2.05, 4.69) is 11.4 Å². The molecule has 34 heavy (non-hydrogen) atoms. The number of benzene rings is 3. The number of hydrogen-bond acceptors (Lipinski definition) is 2. The maximum absolute atomic E-state index is 13.6. The maximum atomic E-state index is 13.6. The zero-order chi connectivity index (χ0) is 24.5. The highest BCUT2D eigenvalue weighted by Crippen LogP contribution is 2.20. The molecule has 3 aromatic carbocycles. The topological polar surface area (TPSA) is 49.4 Å². The highest BCUT2D eigenvalue weighted by Gasteiger charge is 2.30. The van der Waals surface area contributed by atoms with E-state index in [0.29, 0.717) is 24.4 Å². The Labute approximate surface area is 207 Å². The van der Waals surface area contributed by atoms with Gasteiger partial charge in [-0.1, -0.05) is 90.0 Å². The van der Waals surface area contributed by atoms with Crippen LogP contribution in [0.2, 0.25) is 5.02 Å². The monoisotopic (exact) mass is 476 g/mol. The normalized spacial score (nSPS) is 11.8. The Kier molecular flexibility index (Phi) is 9.29. The number of aryl methyl sites for hydroxylation is 2. The number of hydrogen-bond donors (Lipinski definition) is 1. The fraction of sp³-hybridized carbons (Fsp3) is 0.310. The molecule has 1 atom stereocenters. The third kappa shape index (κ3) is 7.46. The van der Waals surface area contributed by atoms with Crippen molar-refractivity contribution >= 4 is 23.4 Å². The molecule has 0 bridgehead atoms. The molecule has 0 heterocycles. The largest absolute Gasteiger partial charge is 0.352 e. The van der Waals surface area contributed by atoms with Crippen molar-refractivity contribution in [3.8, 4) is 0 Å². The van der Waals surface area contributed by atoms with Crippen LogP contribution < -0.4 is 5.32 Å². The number of carbonyl (C=O) groups excluding carboxylic acids is 2. The number of nitrogens with zero attached hydrogens (tertiary/aromatic N) is 1. The van der Waals surface area contributed by atoms with Crippen LogP contribution in [0.4, 0.5) is 0 Å². The van der Waals surface area contributed by atoms with Crippen LogP contribution in [0.5, 0.6) is 0 Å². The lowest BCUT2D eigenvalue weighted by atomic mass is 10.0. The summed E-state index contributed by atoms with van der Waals surface area (Å²) >= 11 is 6.32. The first-order valence-electron chi connectivity index (χ1n) is 11.8. The zero-order valence-corrected chi connectivity index (χ0v) is 20.9. The molecular weight excluding hydrogens is 444 g/mol. The molecule has 0 saturated heterocycles. The average molecular weight is 477 g/mol. The van der Waals surface area contributed by atoms with Gasteiger partial charge in [0.25, 0.3) is 0 Å². The van der Waals surface area contributed by atoms with Gasteiger partial charge in [0.05, 0.1) is 0 Å². The van der Waals surface area contributed by atoms with Gasteiger partial charge in [0.2, 0.25) is 11.8 Å². The first kappa shape index (κ1) is 25.5. The minimum Gasteiger partial charge on any atom is -0.352 e. The molecule has 0 saturated carbocycles. The molecule has 0 aromatic heterocycles. The Morgan fingerprint density at radius 3 is 2.26 bits per heavy atom. The van der Waals surface area contributed by atoms with Gasteiger partial charge in [-0.15, -0.1) is 0 Å². The SMILES string of the molecule is Cc1cccc(CN(C(=O)CCc2ccccc2Cl)C(Cc2ccccc2)C(=O)NC(C)C)c1. The van der Waals surface area contributed by atoms with Gasteiger partial charge in [-0.3, -0.25) is 9.59 Å². The Hall–Kier alpha value is -3.11. The van der Waals surface area contributed by atoms with E-state index in [4.69, 9.17) is 11.6 Å². The van der Waals surface area contributed by atoms with Crippen LogP contribution in [0.25, 0.3) is 0 Å². The van der Waals surface area contributed by atoms with E-state index < -0.39 is 6.04 Å². The molecule has 1 unspecified atom stereocenters. The smallest absolute Gasteiger partial charge is 0.243 e. The number of nitrogens with one attached hydrogen (secondary N) is 1. The second-order valence-corrected chi connectivity index (χ2v) is 9.38. The summed E-state index contributed by atoms with van der Waals surface area (Å²) in [5.74, 6) is -0.209. The summed E-state index contributed by atoms with van der Waals surface area (Å²) in [6.07, 6.45) is 1.24. The molecule has 0 aliphatic rings. The van der Waals surface area contributed by atoms with Gasteiger partial charge in [0, 0.05) is 30.5 Å². The van der Waals surface area contributed by atoms with E-state index in [1.165, 1.54) is 0 Å². The highest BCUT2D eigenvalue weighted by molar-refractivity contribution is 6.31. The van der Waals surface area contributed by atoms with Crippen molar-refractivity contribution in [2.45, 2.75) is 58.7 Å². The minimum absolute atomic E-state index is 0.0233. The Morgan fingerprint density at radius 1 is 0.912 bits per heavy atom. The van der Waals surface area contributed by atoms with Gasteiger partial charge in [-0.05, 0) is 49.9 Å². The molecule has 3 rings (SSSR count). The van der Waals surface area contributed by atoms with Crippen LogP contribution in [-0.4, -0.2) is 28.8 Å². The molecule has 5 heteroatoms. The standard InChI is InChI=1S/C29H33ClN2O2/c1-21(2)31-29(34)27(19-23-11-5-4-6-12-23)32(20-24-13-9-10-22(3)18-24)28(33)17-16-25-14-7-8-15-26(25)30/h4-15,18,21,27H,16-17,19-20H2,1-3H3,(H,31,34). The second-order valence-electron chi connectivity index (χ2n) is 8.97. The molecule has 0 spiro atoms. The summed E-state index contributed by atoms with van der Waals surface area (Å²) in [7, 11) is 0. The summed E-state index contributed by atoms with van der Waals surface area (Å²) in [4.78, 5) is 28.7. The van der Waals surface area contributed by atoms with Crippen molar-refractivity contribution in [1.29, 1.82) is 0 Å². The van der Waals surface area contributed by atoms with Crippen LogP contribution in [0, 0.1) is 6.92 Å². The van der Waals surface area contributed by atoms with Crippen LogP contribution in [0.15, 0.2) is 78.9 Å². The Morgan fingerprint density at radius 2 is 1.59 bits per heavy atom. The first-order valence-corrected chi connectivity index (χ1v) is 12.1. The van der Waals surface area contributed by atoms with E-state index in [1.807, 2.05) is 93.6 Å². The number of carbonyl (C=O) groups is 2. The molecular formula is C29H33ClN2O2. The average Bonchev–Trinajstić information content (AvgIpc) is 2.81. The zero-order valence-electron chi connectivity index (χ0n) is 20.1. The van der Waals surface area contributed by atoms with E-state index in [0.717, 1.165) is 22.3 Å². The van der Waals surface area contributed by atoms with Gasteiger partial charge in [-0.2, -0.15) is 0 Å². The Bertz CT molecular complexity index is 1100. The lowest BCUT2D eigenvalue weighted by Crippen LogP contribution is -2.51. The molecule has 3 aromatic rings. The van der Waals surface area contributed by atoms with Gasteiger partial charge in [-0.25, -0.2) is 0 Å². The molecule has 0 aliphatic heterocycles. The van der Waals surface area contributed by atoms with Crippen molar-refractivity contribution in [3.05, 3.63) is 106 Å². The second kappa shape index (κ2) is 12.4. The molecule has 1 N–H and O–H groups in total. The maximum Gasteiger partial charge on any atom is 0.243 e. The van der Waals surface area contributed by atoms with Crippen molar-refractivity contribution in [2.75, 3.05) is 0 Å². The fourth-order valence-corrected chi connectivity index (χ4v) is 4.26. The van der Waals surface area contributed by atoms with Crippen molar-refractivity contribution in [3.63, 3.8) is 0 Å². The quantitative estimate of drug-likeness (QED) is 0.405. The van der Waals surface area contributed by atoms with E-state index >= 15 is 0 Å². The fourth-order valence-electron chi connectivity index (χ4n) is 4.03. The van der Waals surface area contributed by atoms with Crippen LogP contribution >= 0.6 is 11.6 Å². The molecule has 0 fully saturated rings. The van der Waals surface area contributed by atoms with Crippen LogP contribution in [0.1, 0.15) is 42.5 Å². The van der Waals surface area contributed by atoms with Crippen molar-refractivity contribution in [2.24, 2.45) is 0 Å². The lowest BCUT2D eigenvalue weighted by Gasteiger charge is -2.32. The highest BCUT2D eigenvalue weighted by atomic mass is 35.5. The molecule has 178 valence electrons. The van der Waals surface area contributed by atoms with Gasteiger partial charge in [0.15, 0.2) is 0 Å². The third-order valence-corrected chi connectivity index (χ3v) is 6.07. The summed E-state index contributed by atoms with van der Waals surface area (Å²) in [5, 5.41) is 3.68. The van der Waals surface area contributed by atoms with Gasteiger partial charge in [0.1, 0.15) is 6.04 Å². The summed E-state index contributed by atoms with van der Waals surface area (Å²) < 4.78 is 0. The summed E-state index contributed by atoms with van der Waals surface area (Å²) in [5.41, 5.74) is 4.06. The number of amides is 2. The first-order chi connectivity index (χ1) is 16.3. The Balaban J connectivity index is 1.92. The molecule has 0 aliphatic carbocycles. The number of halogens is 1. The van der Waals surface area contributed by atoms with E-state index in [9.17, 15) is 9.59 Å². The summed E-state index contributed by atoms with van der Waals surface area (Å²) in [6, 6.07) is 24.9. The third-order valence-electron chi connectivity index (χ3n) is 5.70. The van der Waals surface area contributed by atoms with Gasteiger partial charge >= 0.3 is 0 Å². The predicted octanol–water partition coefficient (Wildman–Crippen LogP) is 5.75. The van der Waals surface area contributed by atoms with Crippen LogP contribution in [-0.2, 0) is 29.0 Å². The molecule has 4 nitrogen and oxygen atoms in total. The number of rotatable bonds is 10. The molecule has 0 radical (unpaired) electrons. The summed E-state index contributed by atoms with van der Waals surface area (Å²) in [6.45, 7) is 6.26. The van der Waals surface area contributed by atoms with Crippen molar-refractivity contribution < 1.29 is 9.59 Å². The minimum atomic E-state index is -0.621. The predicted molar refractivity (Wildman–Crippen MR) is 139 cm³/mol. The van der Waals surface area contributed by atoms with Gasteiger partial charge < -0.3 is 10.2 Å². The molecule has 2 amide bonds. The van der Waals surface area contributed by atoms with E-state index in [1.54, 1.807) is 4.90 Å². The van der Waals surface area contributed by atoms with Crippen LogP contribution in [0.3, 0.4) is 0 Å². The van der Waals surface area contributed by atoms with E-state index in [-0.39, 0.29) is 24.3 Å². The van der Waals surface area contributed by atoms with Crippen molar-refractivity contribution in [1.82, 2.24) is 10.2 Å². The lowest BCUT2D eigenvalue weighted by molar-refractivity contribution is -0.141.